The lowest BCUT2D eigenvalue weighted by molar-refractivity contribution is 0.387. The van der Waals surface area contributed by atoms with Gasteiger partial charge in [-0.15, -0.1) is 5.10 Å². The largest absolute Gasteiger partial charge is 0.434 e. The highest BCUT2D eigenvalue weighted by Gasteiger charge is 2.22. The quantitative estimate of drug-likeness (QED) is 0.668. The fraction of sp³-hybridized carbons (Fsp3) is 0.438. The van der Waals surface area contributed by atoms with Gasteiger partial charge in [0.2, 0.25) is 5.89 Å². The second-order valence-corrected chi connectivity index (χ2v) is 6.25. The number of hydrogen-bond donors (Lipinski definition) is 3. The molecule has 24 heavy (non-hydrogen) atoms. The molecule has 0 radical (unpaired) electrons. The van der Waals surface area contributed by atoms with Gasteiger partial charge in [-0.25, -0.2) is 9.89 Å². The maximum absolute atomic E-state index is 11.2. The molecule has 3 aromatic rings. The molecule has 1 aromatic carbocycles. The number of nitrogens with two attached hydrogens (primary N) is 1. The molecule has 0 unspecified atom stereocenters. The number of H-pyrrole nitrogens is 2. The molecule has 0 amide bonds. The highest BCUT2D eigenvalue weighted by atomic mass is 16.4. The van der Waals surface area contributed by atoms with E-state index in [1.54, 1.807) is 0 Å². The van der Waals surface area contributed by atoms with Crippen molar-refractivity contribution >= 4 is 16.6 Å². The van der Waals surface area contributed by atoms with Gasteiger partial charge in [0.15, 0.2) is 0 Å². The highest BCUT2D eigenvalue weighted by Crippen LogP contribution is 2.34. The van der Waals surface area contributed by atoms with E-state index in [-0.39, 0.29) is 5.89 Å². The van der Waals surface area contributed by atoms with Crippen molar-refractivity contribution in [1.82, 2.24) is 20.4 Å². The first-order valence-corrected chi connectivity index (χ1v) is 8.22. The van der Waals surface area contributed by atoms with E-state index < -0.39 is 5.76 Å². The van der Waals surface area contributed by atoms with Crippen LogP contribution in [-0.2, 0) is 0 Å². The van der Waals surface area contributed by atoms with Crippen LogP contribution in [0.2, 0.25) is 0 Å². The number of aromatic nitrogens is 4. The summed E-state index contributed by atoms with van der Waals surface area (Å²) in [7, 11) is 0. The van der Waals surface area contributed by atoms with Gasteiger partial charge in [0.05, 0.1) is 11.7 Å². The maximum Gasteiger partial charge on any atom is 0.434 e. The van der Waals surface area contributed by atoms with E-state index in [1.165, 1.54) is 0 Å². The molecular weight excluding hydrogens is 308 g/mol. The maximum atomic E-state index is 11.2. The molecule has 126 valence electrons. The van der Waals surface area contributed by atoms with Gasteiger partial charge >= 0.3 is 5.76 Å². The Bertz CT molecular complexity index is 887. The Kier molecular flexibility index (Phi) is 3.81. The SMILES string of the molecule is NCCC1CCN(c2cc(-c3n[nH]c(=O)o3)cc3[nH]ncc23)CC1. The van der Waals surface area contributed by atoms with Crippen LogP contribution < -0.4 is 16.4 Å². The normalized spacial score (nSPS) is 16.1. The van der Waals surface area contributed by atoms with Gasteiger partial charge in [-0.2, -0.15) is 5.10 Å². The lowest BCUT2D eigenvalue weighted by Crippen LogP contribution is -2.34. The first kappa shape index (κ1) is 14.9. The van der Waals surface area contributed by atoms with E-state index in [4.69, 9.17) is 10.2 Å². The second-order valence-electron chi connectivity index (χ2n) is 6.25. The van der Waals surface area contributed by atoms with Gasteiger partial charge in [0.25, 0.3) is 0 Å². The van der Waals surface area contributed by atoms with Crippen LogP contribution in [0.3, 0.4) is 0 Å². The number of rotatable bonds is 4. The standard InChI is InChI=1S/C16H20N6O2/c17-4-1-10-2-5-22(6-3-10)14-8-11(15-20-21-16(23)24-15)7-13-12(14)9-18-19-13/h7-10H,1-6,17H2,(H,18,19)(H,21,23). The molecule has 1 aliphatic heterocycles. The van der Waals surface area contributed by atoms with E-state index in [9.17, 15) is 4.79 Å². The Hall–Kier alpha value is -2.61. The minimum absolute atomic E-state index is 0.288. The Morgan fingerprint density at radius 2 is 2.12 bits per heavy atom. The van der Waals surface area contributed by atoms with Gasteiger partial charge in [0, 0.05) is 29.7 Å². The molecule has 0 aliphatic carbocycles. The van der Waals surface area contributed by atoms with E-state index in [1.807, 2.05) is 18.3 Å². The third-order valence-electron chi connectivity index (χ3n) is 4.75. The molecule has 2 aromatic heterocycles. The summed E-state index contributed by atoms with van der Waals surface area (Å²) in [5.74, 6) is 0.438. The molecule has 4 rings (SSSR count). The molecular formula is C16H20N6O2. The number of nitrogens with one attached hydrogen (secondary N) is 2. The van der Waals surface area contributed by atoms with Crippen LogP contribution in [0.4, 0.5) is 5.69 Å². The van der Waals surface area contributed by atoms with Crippen molar-refractivity contribution in [2.24, 2.45) is 11.7 Å². The minimum Gasteiger partial charge on any atom is -0.388 e. The Balaban J connectivity index is 1.69. The molecule has 8 heteroatoms. The first-order valence-electron chi connectivity index (χ1n) is 8.22. The second kappa shape index (κ2) is 6.12. The zero-order valence-electron chi connectivity index (χ0n) is 13.3. The van der Waals surface area contributed by atoms with Crippen LogP contribution in [0, 0.1) is 5.92 Å². The van der Waals surface area contributed by atoms with Crippen molar-refractivity contribution in [2.45, 2.75) is 19.3 Å². The topological polar surface area (TPSA) is 117 Å². The summed E-state index contributed by atoms with van der Waals surface area (Å²) >= 11 is 0. The molecule has 0 atom stereocenters. The average Bonchev–Trinajstić information content (AvgIpc) is 3.23. The fourth-order valence-electron chi connectivity index (χ4n) is 3.47. The van der Waals surface area contributed by atoms with E-state index in [0.29, 0.717) is 5.92 Å². The molecule has 0 spiro atoms. The van der Waals surface area contributed by atoms with Crippen molar-refractivity contribution in [3.05, 3.63) is 28.9 Å². The number of benzene rings is 1. The van der Waals surface area contributed by atoms with E-state index in [2.05, 4.69) is 25.3 Å². The number of fused-ring (bicyclic) bond motifs is 1. The average molecular weight is 328 g/mol. The predicted molar refractivity (Wildman–Crippen MR) is 90.8 cm³/mol. The van der Waals surface area contributed by atoms with Crippen LogP contribution in [0.1, 0.15) is 19.3 Å². The number of hydrogen-bond acceptors (Lipinski definition) is 6. The number of aromatic amines is 2. The molecule has 4 N–H and O–H groups in total. The van der Waals surface area contributed by atoms with Crippen molar-refractivity contribution in [1.29, 1.82) is 0 Å². The van der Waals surface area contributed by atoms with Crippen LogP contribution in [0.15, 0.2) is 27.5 Å². The van der Waals surface area contributed by atoms with Gasteiger partial charge in [-0.05, 0) is 43.9 Å². The summed E-state index contributed by atoms with van der Waals surface area (Å²) in [5.41, 5.74) is 8.42. The zero-order valence-corrected chi connectivity index (χ0v) is 13.3. The zero-order chi connectivity index (χ0) is 16.5. The summed E-state index contributed by atoms with van der Waals surface area (Å²) in [6.07, 6.45) is 5.20. The monoisotopic (exact) mass is 328 g/mol. The van der Waals surface area contributed by atoms with Gasteiger partial charge < -0.3 is 15.1 Å². The fourth-order valence-corrected chi connectivity index (χ4v) is 3.47. The molecule has 1 aliphatic rings. The van der Waals surface area contributed by atoms with Crippen molar-refractivity contribution in [3.63, 3.8) is 0 Å². The molecule has 1 saturated heterocycles. The van der Waals surface area contributed by atoms with Crippen molar-refractivity contribution in [2.75, 3.05) is 24.5 Å². The third kappa shape index (κ3) is 2.69. The molecule has 8 nitrogen and oxygen atoms in total. The smallest absolute Gasteiger partial charge is 0.388 e. The summed E-state index contributed by atoms with van der Waals surface area (Å²) in [4.78, 5) is 13.6. The Morgan fingerprint density at radius 3 is 2.83 bits per heavy atom. The van der Waals surface area contributed by atoms with Crippen LogP contribution in [0.25, 0.3) is 22.4 Å². The van der Waals surface area contributed by atoms with E-state index >= 15 is 0 Å². The van der Waals surface area contributed by atoms with Crippen LogP contribution in [-0.4, -0.2) is 40.0 Å². The van der Waals surface area contributed by atoms with Gasteiger partial charge in [0.1, 0.15) is 0 Å². The summed E-state index contributed by atoms with van der Waals surface area (Å²) in [5, 5.41) is 14.4. The minimum atomic E-state index is -0.557. The van der Waals surface area contributed by atoms with E-state index in [0.717, 1.165) is 61.1 Å². The number of anilines is 1. The summed E-state index contributed by atoms with van der Waals surface area (Å²) in [6.45, 7) is 2.72. The van der Waals surface area contributed by atoms with Crippen molar-refractivity contribution in [3.8, 4) is 11.5 Å². The first-order chi connectivity index (χ1) is 11.7. The summed E-state index contributed by atoms with van der Waals surface area (Å²) < 4.78 is 5.10. The predicted octanol–water partition coefficient (Wildman–Crippen LogP) is 1.47. The summed E-state index contributed by atoms with van der Waals surface area (Å²) in [6, 6.07) is 3.91. The third-order valence-corrected chi connectivity index (χ3v) is 4.75. The van der Waals surface area contributed by atoms with Crippen molar-refractivity contribution < 1.29 is 4.42 Å². The van der Waals surface area contributed by atoms with Crippen LogP contribution >= 0.6 is 0 Å². The highest BCUT2D eigenvalue weighted by molar-refractivity contribution is 5.95. The molecule has 3 heterocycles. The lowest BCUT2D eigenvalue weighted by atomic mass is 9.93. The molecule has 0 saturated carbocycles. The van der Waals surface area contributed by atoms with Gasteiger partial charge in [-0.1, -0.05) is 0 Å². The number of piperidine rings is 1. The lowest BCUT2D eigenvalue weighted by Gasteiger charge is -2.34. The molecule has 1 fully saturated rings. The number of nitrogens with zero attached hydrogens (tertiary/aromatic N) is 3. The molecule has 0 bridgehead atoms. The Labute approximate surface area is 138 Å². The van der Waals surface area contributed by atoms with Gasteiger partial charge in [-0.3, -0.25) is 5.10 Å². The van der Waals surface area contributed by atoms with Crippen LogP contribution in [0.5, 0.6) is 0 Å². The Morgan fingerprint density at radius 1 is 1.29 bits per heavy atom.